The van der Waals surface area contributed by atoms with Crippen LogP contribution in [0.1, 0.15) is 68.4 Å². The molecule has 0 aromatic carbocycles. The molecule has 0 unspecified atom stereocenters. The van der Waals surface area contributed by atoms with Crippen molar-refractivity contribution < 1.29 is 0 Å². The van der Waals surface area contributed by atoms with Gasteiger partial charge in [0.05, 0.1) is 11.7 Å². The predicted octanol–water partition coefficient (Wildman–Crippen LogP) is 3.55. The molecule has 1 N–H and O–H groups in total. The Hall–Kier alpha value is -0.830. The number of nitrogens with zero attached hydrogens (tertiary/aromatic N) is 2. The normalized spacial score (nSPS) is 26.9. The Bertz CT molecular complexity index is 451. The van der Waals surface area contributed by atoms with Gasteiger partial charge in [0.25, 0.3) is 0 Å². The van der Waals surface area contributed by atoms with Crippen molar-refractivity contribution in [2.24, 2.45) is 5.92 Å². The summed E-state index contributed by atoms with van der Waals surface area (Å²) in [6, 6.07) is 1.46. The molecule has 2 fully saturated rings. The summed E-state index contributed by atoms with van der Waals surface area (Å²) >= 11 is 0. The SMILES string of the molecule is Cc1nn(C2CCC(C)CC2)c(C)c1CCNC1CC1. The van der Waals surface area contributed by atoms with Gasteiger partial charge in [-0.15, -0.1) is 0 Å². The molecule has 0 spiro atoms. The fourth-order valence-corrected chi connectivity index (χ4v) is 3.59. The van der Waals surface area contributed by atoms with E-state index in [4.69, 9.17) is 5.10 Å². The minimum absolute atomic E-state index is 0.648. The van der Waals surface area contributed by atoms with Gasteiger partial charge in [0.15, 0.2) is 0 Å². The standard InChI is InChI=1S/C17H29N3/c1-12-4-8-16(9-5-12)20-14(3)17(13(2)19-20)10-11-18-15-6-7-15/h12,15-16,18H,4-11H2,1-3H3. The maximum Gasteiger partial charge on any atom is 0.0629 e. The second kappa shape index (κ2) is 5.88. The number of hydrogen-bond acceptors (Lipinski definition) is 2. The first-order chi connectivity index (χ1) is 9.65. The first-order valence-corrected chi connectivity index (χ1v) is 8.43. The molecule has 2 saturated carbocycles. The summed E-state index contributed by atoms with van der Waals surface area (Å²) in [7, 11) is 0. The quantitative estimate of drug-likeness (QED) is 0.890. The van der Waals surface area contributed by atoms with Gasteiger partial charge in [-0.05, 0) is 76.8 Å². The Kier molecular flexibility index (Phi) is 4.16. The highest BCUT2D eigenvalue weighted by Crippen LogP contribution is 2.33. The molecule has 112 valence electrons. The van der Waals surface area contributed by atoms with Crippen molar-refractivity contribution in [2.75, 3.05) is 6.54 Å². The molecule has 1 aromatic rings. The summed E-state index contributed by atoms with van der Waals surface area (Å²) in [5.41, 5.74) is 4.15. The van der Waals surface area contributed by atoms with Crippen LogP contribution in [0.25, 0.3) is 0 Å². The lowest BCUT2D eigenvalue weighted by molar-refractivity contribution is 0.270. The molecule has 0 radical (unpaired) electrons. The molecule has 0 saturated heterocycles. The summed E-state index contributed by atoms with van der Waals surface area (Å²) in [5, 5.41) is 8.48. The van der Waals surface area contributed by atoms with E-state index in [0.29, 0.717) is 6.04 Å². The van der Waals surface area contributed by atoms with Gasteiger partial charge in [-0.25, -0.2) is 0 Å². The minimum Gasteiger partial charge on any atom is -0.314 e. The van der Waals surface area contributed by atoms with E-state index in [0.717, 1.165) is 24.9 Å². The Morgan fingerprint density at radius 1 is 1.10 bits per heavy atom. The number of aryl methyl sites for hydroxylation is 1. The zero-order valence-corrected chi connectivity index (χ0v) is 13.3. The Morgan fingerprint density at radius 3 is 2.45 bits per heavy atom. The number of nitrogens with one attached hydrogen (secondary N) is 1. The lowest BCUT2D eigenvalue weighted by Gasteiger charge is -2.27. The molecule has 1 aromatic heterocycles. The molecule has 0 aliphatic heterocycles. The van der Waals surface area contributed by atoms with Crippen LogP contribution >= 0.6 is 0 Å². The van der Waals surface area contributed by atoms with Crippen LogP contribution in [0.4, 0.5) is 0 Å². The zero-order valence-electron chi connectivity index (χ0n) is 13.3. The van der Waals surface area contributed by atoms with Crippen molar-refractivity contribution in [1.82, 2.24) is 15.1 Å². The maximum absolute atomic E-state index is 4.86. The molecule has 1 heterocycles. The van der Waals surface area contributed by atoms with Crippen LogP contribution in [0, 0.1) is 19.8 Å². The van der Waals surface area contributed by atoms with E-state index in [9.17, 15) is 0 Å². The van der Waals surface area contributed by atoms with E-state index >= 15 is 0 Å². The fraction of sp³-hybridized carbons (Fsp3) is 0.824. The van der Waals surface area contributed by atoms with Gasteiger partial charge in [-0.3, -0.25) is 4.68 Å². The van der Waals surface area contributed by atoms with E-state index in [1.807, 2.05) is 0 Å². The lowest BCUT2D eigenvalue weighted by Crippen LogP contribution is -2.20. The summed E-state index contributed by atoms with van der Waals surface area (Å²) in [6.07, 6.45) is 9.22. The molecule has 2 aliphatic rings. The number of aromatic nitrogens is 2. The highest BCUT2D eigenvalue weighted by Gasteiger charge is 2.24. The third kappa shape index (κ3) is 3.08. The van der Waals surface area contributed by atoms with Crippen LogP contribution in [-0.4, -0.2) is 22.4 Å². The van der Waals surface area contributed by atoms with Gasteiger partial charge in [0.2, 0.25) is 0 Å². The second-order valence-electron chi connectivity index (χ2n) is 6.99. The zero-order chi connectivity index (χ0) is 14.1. The molecule has 3 rings (SSSR count). The maximum atomic E-state index is 4.86. The second-order valence-corrected chi connectivity index (χ2v) is 6.99. The predicted molar refractivity (Wildman–Crippen MR) is 83.1 cm³/mol. The van der Waals surface area contributed by atoms with Crippen LogP contribution in [0.15, 0.2) is 0 Å². The van der Waals surface area contributed by atoms with Gasteiger partial charge in [-0.2, -0.15) is 5.10 Å². The Balaban J connectivity index is 1.65. The molecular formula is C17H29N3. The summed E-state index contributed by atoms with van der Waals surface area (Å²) in [5.74, 6) is 0.908. The van der Waals surface area contributed by atoms with Crippen molar-refractivity contribution in [3.8, 4) is 0 Å². The summed E-state index contributed by atoms with van der Waals surface area (Å²) in [4.78, 5) is 0. The summed E-state index contributed by atoms with van der Waals surface area (Å²) in [6.45, 7) is 7.94. The van der Waals surface area contributed by atoms with Gasteiger partial charge in [-0.1, -0.05) is 6.92 Å². The van der Waals surface area contributed by atoms with Crippen LogP contribution < -0.4 is 5.32 Å². The van der Waals surface area contributed by atoms with Gasteiger partial charge < -0.3 is 5.32 Å². The number of rotatable bonds is 5. The van der Waals surface area contributed by atoms with Crippen molar-refractivity contribution in [3.05, 3.63) is 17.0 Å². The third-order valence-electron chi connectivity index (χ3n) is 5.19. The van der Waals surface area contributed by atoms with Crippen LogP contribution in [0.3, 0.4) is 0 Å². The van der Waals surface area contributed by atoms with Gasteiger partial charge >= 0.3 is 0 Å². The summed E-state index contributed by atoms with van der Waals surface area (Å²) < 4.78 is 2.34. The average Bonchev–Trinajstić information content (AvgIpc) is 3.21. The first-order valence-electron chi connectivity index (χ1n) is 8.43. The van der Waals surface area contributed by atoms with E-state index in [-0.39, 0.29) is 0 Å². The lowest BCUT2D eigenvalue weighted by atomic mass is 9.87. The molecule has 2 aliphatic carbocycles. The smallest absolute Gasteiger partial charge is 0.0629 e. The largest absolute Gasteiger partial charge is 0.314 e. The van der Waals surface area contributed by atoms with Crippen molar-refractivity contribution in [2.45, 2.75) is 77.8 Å². The first kappa shape index (κ1) is 14.1. The third-order valence-corrected chi connectivity index (χ3v) is 5.19. The van der Waals surface area contributed by atoms with Crippen molar-refractivity contribution in [1.29, 1.82) is 0 Å². The van der Waals surface area contributed by atoms with Crippen LogP contribution in [0.2, 0.25) is 0 Å². The molecule has 0 amide bonds. The molecule has 0 atom stereocenters. The Morgan fingerprint density at radius 2 is 1.80 bits per heavy atom. The van der Waals surface area contributed by atoms with Crippen molar-refractivity contribution >= 4 is 0 Å². The molecule has 20 heavy (non-hydrogen) atoms. The van der Waals surface area contributed by atoms with Gasteiger partial charge in [0, 0.05) is 11.7 Å². The highest BCUT2D eigenvalue weighted by molar-refractivity contribution is 5.25. The van der Waals surface area contributed by atoms with Crippen LogP contribution in [0.5, 0.6) is 0 Å². The average molecular weight is 275 g/mol. The van der Waals surface area contributed by atoms with E-state index in [1.54, 1.807) is 0 Å². The monoisotopic (exact) mass is 275 g/mol. The molecule has 3 heteroatoms. The highest BCUT2D eigenvalue weighted by atomic mass is 15.3. The van der Waals surface area contributed by atoms with Crippen molar-refractivity contribution in [3.63, 3.8) is 0 Å². The van der Waals surface area contributed by atoms with E-state index in [2.05, 4.69) is 30.8 Å². The molecular weight excluding hydrogens is 246 g/mol. The number of hydrogen-bond donors (Lipinski definition) is 1. The fourth-order valence-electron chi connectivity index (χ4n) is 3.59. The topological polar surface area (TPSA) is 29.9 Å². The minimum atomic E-state index is 0.648. The molecule has 3 nitrogen and oxygen atoms in total. The Labute approximate surface area is 123 Å². The van der Waals surface area contributed by atoms with Gasteiger partial charge in [0.1, 0.15) is 0 Å². The van der Waals surface area contributed by atoms with E-state index < -0.39 is 0 Å². The molecule has 0 bridgehead atoms. The van der Waals surface area contributed by atoms with Crippen LogP contribution in [-0.2, 0) is 6.42 Å². The van der Waals surface area contributed by atoms with E-state index in [1.165, 1.54) is 55.5 Å².